The van der Waals surface area contributed by atoms with Gasteiger partial charge in [-0.05, 0) is 12.3 Å². The number of hydrogen-bond acceptors (Lipinski definition) is 0. The molecule has 1 aliphatic rings. The molecule has 1 aliphatic carbocycles. The van der Waals surface area contributed by atoms with Gasteiger partial charge >= 0.3 is 0 Å². The van der Waals surface area contributed by atoms with Gasteiger partial charge in [0.15, 0.2) is 0 Å². The summed E-state index contributed by atoms with van der Waals surface area (Å²) in [6.45, 7) is 3.60. The van der Waals surface area contributed by atoms with Crippen LogP contribution in [0, 0.1) is 11.8 Å². The highest BCUT2D eigenvalue weighted by atomic mass is 35.5. The summed E-state index contributed by atoms with van der Waals surface area (Å²) in [6.07, 6.45) is -1.82. The van der Waals surface area contributed by atoms with Crippen molar-refractivity contribution in [1.82, 2.24) is 0 Å². The van der Waals surface area contributed by atoms with Crippen LogP contribution in [0.5, 0.6) is 0 Å². The third-order valence-electron chi connectivity index (χ3n) is 2.08. The van der Waals surface area contributed by atoms with E-state index >= 15 is 0 Å². The minimum Gasteiger partial charge on any atom is -0.210 e. The van der Waals surface area contributed by atoms with Gasteiger partial charge in [0.2, 0.25) is 6.43 Å². The van der Waals surface area contributed by atoms with E-state index in [1.807, 2.05) is 0 Å². The maximum Gasteiger partial charge on any atom is 0.243 e. The fourth-order valence-electron chi connectivity index (χ4n) is 1.12. The highest BCUT2D eigenvalue weighted by Gasteiger charge is 2.59. The Morgan fingerprint density at radius 1 is 1.60 bits per heavy atom. The lowest BCUT2D eigenvalue weighted by Crippen LogP contribution is -2.13. The highest BCUT2D eigenvalue weighted by molar-refractivity contribution is 6.27. The fourth-order valence-corrected chi connectivity index (χ4v) is 1.39. The van der Waals surface area contributed by atoms with E-state index in [0.29, 0.717) is 6.42 Å². The van der Waals surface area contributed by atoms with E-state index in [0.717, 1.165) is 5.92 Å². The van der Waals surface area contributed by atoms with Crippen molar-refractivity contribution in [3.8, 4) is 0 Å². The van der Waals surface area contributed by atoms with Gasteiger partial charge in [0.25, 0.3) is 0 Å². The zero-order valence-electron chi connectivity index (χ0n) is 6.00. The molecule has 1 fully saturated rings. The van der Waals surface area contributed by atoms with E-state index in [1.165, 1.54) is 0 Å². The fraction of sp³-hybridized carbons (Fsp3) is 0.857. The van der Waals surface area contributed by atoms with Gasteiger partial charge in [0, 0.05) is 5.92 Å². The van der Waals surface area contributed by atoms with Crippen LogP contribution in [0.3, 0.4) is 0 Å². The molecule has 0 aliphatic heterocycles. The van der Waals surface area contributed by atoms with Gasteiger partial charge in [0.1, 0.15) is 0 Å². The molecule has 1 rings (SSSR count). The molecular weight excluding hydrogens is 158 g/mol. The standard InChI is InChI=1S/C7H10ClF2/c1-4(2)7(8)3-5(7)6(9)10/h5-6H,3H2,1-2H3. The van der Waals surface area contributed by atoms with Crippen LogP contribution in [0.1, 0.15) is 20.3 Å². The molecule has 0 aromatic rings. The molecule has 0 N–H and O–H groups in total. The smallest absolute Gasteiger partial charge is 0.210 e. The first-order valence-corrected chi connectivity index (χ1v) is 3.64. The molecule has 0 nitrogen and oxygen atoms in total. The second-order valence-corrected chi connectivity index (χ2v) is 3.68. The van der Waals surface area contributed by atoms with E-state index in [-0.39, 0.29) is 0 Å². The predicted molar refractivity (Wildman–Crippen MR) is 37.3 cm³/mol. The largest absolute Gasteiger partial charge is 0.243 e. The topological polar surface area (TPSA) is 0 Å². The first-order chi connectivity index (χ1) is 4.48. The van der Waals surface area contributed by atoms with E-state index in [2.05, 4.69) is 0 Å². The summed E-state index contributed by atoms with van der Waals surface area (Å²) in [5.41, 5.74) is 0. The van der Waals surface area contributed by atoms with Crippen molar-refractivity contribution in [2.24, 2.45) is 5.92 Å². The normalized spacial score (nSPS) is 39.3. The zero-order valence-corrected chi connectivity index (χ0v) is 6.75. The number of halogens is 3. The molecule has 0 aromatic heterocycles. The Bertz CT molecular complexity index is 136. The predicted octanol–water partition coefficient (Wildman–Crippen LogP) is 2.86. The van der Waals surface area contributed by atoms with Crippen molar-refractivity contribution in [2.45, 2.75) is 31.6 Å². The summed E-state index contributed by atoms with van der Waals surface area (Å²) < 4.78 is 24.0. The van der Waals surface area contributed by atoms with Crippen molar-refractivity contribution in [3.05, 3.63) is 5.92 Å². The van der Waals surface area contributed by atoms with E-state index < -0.39 is 17.2 Å². The van der Waals surface area contributed by atoms with Crippen LogP contribution in [-0.2, 0) is 0 Å². The van der Waals surface area contributed by atoms with E-state index in [1.54, 1.807) is 13.8 Å². The molecule has 0 spiro atoms. The Balaban J connectivity index is 2.48. The van der Waals surface area contributed by atoms with E-state index in [9.17, 15) is 8.78 Å². The van der Waals surface area contributed by atoms with Crippen LogP contribution in [-0.4, -0.2) is 11.3 Å². The summed E-state index contributed by atoms with van der Waals surface area (Å²) in [6, 6.07) is 0. The number of rotatable bonds is 2. The number of hydrogen-bond donors (Lipinski definition) is 0. The summed E-state index contributed by atoms with van der Waals surface area (Å²) in [4.78, 5) is -0.672. The molecule has 2 unspecified atom stereocenters. The van der Waals surface area contributed by atoms with Crippen LogP contribution in [0.4, 0.5) is 8.78 Å². The Morgan fingerprint density at radius 3 is 2.20 bits per heavy atom. The Hall–Kier alpha value is 0.150. The van der Waals surface area contributed by atoms with Gasteiger partial charge in [-0.1, -0.05) is 13.8 Å². The van der Waals surface area contributed by atoms with Gasteiger partial charge in [0.05, 0.1) is 4.87 Å². The first-order valence-electron chi connectivity index (χ1n) is 3.26. The lowest BCUT2D eigenvalue weighted by atomic mass is 10.1. The minimum atomic E-state index is -2.26. The lowest BCUT2D eigenvalue weighted by Gasteiger charge is -2.11. The molecular formula is C7H10ClF2. The summed E-state index contributed by atoms with van der Waals surface area (Å²) in [5, 5.41) is 0. The van der Waals surface area contributed by atoms with Crippen molar-refractivity contribution >= 4 is 11.6 Å². The Kier molecular flexibility index (Phi) is 1.92. The first kappa shape index (κ1) is 8.25. The van der Waals surface area contributed by atoms with Crippen LogP contribution in [0.25, 0.3) is 0 Å². The van der Waals surface area contributed by atoms with Crippen LogP contribution in [0.15, 0.2) is 0 Å². The quantitative estimate of drug-likeness (QED) is 0.555. The molecule has 3 heteroatoms. The Morgan fingerprint density at radius 2 is 2.10 bits per heavy atom. The molecule has 10 heavy (non-hydrogen) atoms. The maximum absolute atomic E-state index is 12.0. The van der Waals surface area contributed by atoms with Crippen molar-refractivity contribution < 1.29 is 8.78 Å². The molecule has 0 amide bonds. The zero-order chi connectivity index (χ0) is 7.94. The maximum atomic E-state index is 12.0. The van der Waals surface area contributed by atoms with Crippen molar-refractivity contribution in [2.75, 3.05) is 0 Å². The van der Waals surface area contributed by atoms with Gasteiger partial charge in [-0.25, -0.2) is 8.78 Å². The van der Waals surface area contributed by atoms with Crippen LogP contribution < -0.4 is 0 Å². The second-order valence-electron chi connectivity index (χ2n) is 3.01. The SMILES string of the molecule is C[C](C)C1(Cl)CC1C(F)F. The molecule has 0 aromatic carbocycles. The molecule has 0 bridgehead atoms. The molecule has 0 saturated heterocycles. The van der Waals surface area contributed by atoms with Crippen LogP contribution in [0.2, 0.25) is 0 Å². The van der Waals surface area contributed by atoms with Gasteiger partial charge in [-0.3, -0.25) is 0 Å². The van der Waals surface area contributed by atoms with Crippen LogP contribution >= 0.6 is 11.6 Å². The molecule has 1 radical (unpaired) electrons. The van der Waals surface area contributed by atoms with Crippen molar-refractivity contribution in [3.63, 3.8) is 0 Å². The monoisotopic (exact) mass is 167 g/mol. The molecule has 0 heterocycles. The third kappa shape index (κ3) is 1.14. The number of alkyl halides is 3. The summed E-state index contributed by atoms with van der Waals surface area (Å²) >= 11 is 5.82. The van der Waals surface area contributed by atoms with E-state index in [4.69, 9.17) is 11.6 Å². The second kappa shape index (κ2) is 2.33. The molecule has 59 valence electrons. The summed E-state index contributed by atoms with van der Waals surface area (Å²) in [5.74, 6) is 0.304. The average Bonchev–Trinajstić information content (AvgIpc) is 2.43. The highest BCUT2D eigenvalue weighted by Crippen LogP contribution is 2.58. The third-order valence-corrected chi connectivity index (χ3v) is 2.89. The van der Waals surface area contributed by atoms with Crippen molar-refractivity contribution in [1.29, 1.82) is 0 Å². The summed E-state index contributed by atoms with van der Waals surface area (Å²) in [7, 11) is 0. The van der Waals surface area contributed by atoms with Gasteiger partial charge in [-0.2, -0.15) is 0 Å². The lowest BCUT2D eigenvalue weighted by molar-refractivity contribution is 0.119. The molecule has 2 atom stereocenters. The van der Waals surface area contributed by atoms with Gasteiger partial charge < -0.3 is 0 Å². The molecule has 1 saturated carbocycles. The average molecular weight is 168 g/mol. The Labute approximate surface area is 64.6 Å². The van der Waals surface area contributed by atoms with Gasteiger partial charge in [-0.15, -0.1) is 11.6 Å². The minimum absolute atomic E-state index is 0.439.